The van der Waals surface area contributed by atoms with Crippen LogP contribution < -0.4 is 4.72 Å². The van der Waals surface area contributed by atoms with Gasteiger partial charge in [0.25, 0.3) is 0 Å². The molecule has 0 aliphatic carbocycles. The second-order valence-corrected chi connectivity index (χ2v) is 6.70. The summed E-state index contributed by atoms with van der Waals surface area (Å²) in [7, 11) is -3.27. The van der Waals surface area contributed by atoms with Crippen LogP contribution >= 0.6 is 11.6 Å². The molecule has 0 unspecified atom stereocenters. The molecule has 1 saturated heterocycles. The Hall–Kier alpha value is 0.160. The van der Waals surface area contributed by atoms with Crippen molar-refractivity contribution in [1.82, 2.24) is 4.72 Å². The summed E-state index contributed by atoms with van der Waals surface area (Å²) in [4.78, 5) is 0. The standard InChI is InChI=1S/C9H18ClNO3S/c1-9(2,7-10)11-15(12,13)8-3-5-14-6-4-8/h8,11H,3-7H2,1-2H3. The van der Waals surface area contributed by atoms with Crippen molar-refractivity contribution in [2.75, 3.05) is 19.1 Å². The molecule has 0 aromatic carbocycles. The fourth-order valence-corrected chi connectivity index (χ4v) is 3.45. The van der Waals surface area contributed by atoms with Gasteiger partial charge in [0.1, 0.15) is 0 Å². The van der Waals surface area contributed by atoms with Crippen LogP contribution in [0.3, 0.4) is 0 Å². The predicted molar refractivity (Wildman–Crippen MR) is 60.7 cm³/mol. The average molecular weight is 256 g/mol. The van der Waals surface area contributed by atoms with Gasteiger partial charge in [0.15, 0.2) is 0 Å². The summed E-state index contributed by atoms with van der Waals surface area (Å²) < 4.78 is 31.6. The summed E-state index contributed by atoms with van der Waals surface area (Å²) in [6.45, 7) is 4.59. The summed E-state index contributed by atoms with van der Waals surface area (Å²) >= 11 is 5.69. The van der Waals surface area contributed by atoms with Gasteiger partial charge in [-0.3, -0.25) is 0 Å². The van der Waals surface area contributed by atoms with Gasteiger partial charge >= 0.3 is 0 Å². The van der Waals surface area contributed by atoms with Crippen LogP contribution in [-0.2, 0) is 14.8 Å². The number of hydrogen-bond donors (Lipinski definition) is 1. The number of nitrogens with one attached hydrogen (secondary N) is 1. The van der Waals surface area contributed by atoms with E-state index in [9.17, 15) is 8.42 Å². The normalized spacial score (nSPS) is 20.5. The molecule has 1 heterocycles. The van der Waals surface area contributed by atoms with E-state index in [1.807, 2.05) is 0 Å². The molecule has 0 aromatic heterocycles. The van der Waals surface area contributed by atoms with Crippen molar-refractivity contribution in [2.24, 2.45) is 0 Å². The van der Waals surface area contributed by atoms with E-state index in [-0.39, 0.29) is 11.1 Å². The highest BCUT2D eigenvalue weighted by molar-refractivity contribution is 7.90. The van der Waals surface area contributed by atoms with Crippen LogP contribution in [0.1, 0.15) is 26.7 Å². The van der Waals surface area contributed by atoms with Crippen molar-refractivity contribution in [2.45, 2.75) is 37.5 Å². The summed E-state index contributed by atoms with van der Waals surface area (Å²) in [5, 5.41) is -0.339. The first-order chi connectivity index (χ1) is 6.87. The van der Waals surface area contributed by atoms with E-state index in [0.717, 1.165) is 0 Å². The van der Waals surface area contributed by atoms with E-state index >= 15 is 0 Å². The molecular weight excluding hydrogens is 238 g/mol. The lowest BCUT2D eigenvalue weighted by atomic mass is 10.1. The topological polar surface area (TPSA) is 55.4 Å². The molecule has 0 saturated carbocycles. The van der Waals surface area contributed by atoms with Gasteiger partial charge in [0.05, 0.1) is 5.25 Å². The van der Waals surface area contributed by atoms with Crippen molar-refractivity contribution in [1.29, 1.82) is 0 Å². The molecule has 0 spiro atoms. The lowest BCUT2D eigenvalue weighted by Crippen LogP contribution is -2.49. The highest BCUT2D eigenvalue weighted by Crippen LogP contribution is 2.17. The van der Waals surface area contributed by atoms with E-state index in [4.69, 9.17) is 16.3 Å². The Kier molecular flexibility index (Phi) is 4.40. The van der Waals surface area contributed by atoms with Crippen molar-refractivity contribution in [3.8, 4) is 0 Å². The molecule has 1 aliphatic rings. The van der Waals surface area contributed by atoms with Crippen molar-refractivity contribution < 1.29 is 13.2 Å². The monoisotopic (exact) mass is 255 g/mol. The molecule has 1 fully saturated rings. The highest BCUT2D eigenvalue weighted by atomic mass is 35.5. The molecule has 90 valence electrons. The molecule has 0 radical (unpaired) electrons. The summed E-state index contributed by atoms with van der Waals surface area (Å²) in [5.41, 5.74) is -0.585. The van der Waals surface area contributed by atoms with Crippen LogP contribution in [0.4, 0.5) is 0 Å². The van der Waals surface area contributed by atoms with Crippen molar-refractivity contribution >= 4 is 21.6 Å². The maximum Gasteiger partial charge on any atom is 0.215 e. The van der Waals surface area contributed by atoms with Gasteiger partial charge in [0, 0.05) is 24.6 Å². The van der Waals surface area contributed by atoms with Crippen molar-refractivity contribution in [3.63, 3.8) is 0 Å². The summed E-state index contributed by atoms with van der Waals surface area (Å²) in [5.74, 6) is 0.259. The minimum atomic E-state index is -3.27. The Morgan fingerprint density at radius 3 is 2.40 bits per heavy atom. The van der Waals surface area contributed by atoms with Gasteiger partial charge in [-0.1, -0.05) is 0 Å². The van der Waals surface area contributed by atoms with Gasteiger partial charge in [0.2, 0.25) is 10.0 Å². The molecule has 4 nitrogen and oxygen atoms in total. The van der Waals surface area contributed by atoms with Crippen LogP contribution in [0.15, 0.2) is 0 Å². The molecule has 0 amide bonds. The molecule has 6 heteroatoms. The molecule has 1 N–H and O–H groups in total. The summed E-state index contributed by atoms with van der Waals surface area (Å²) in [6, 6.07) is 0. The Bertz CT molecular complexity index is 296. The lowest BCUT2D eigenvalue weighted by Gasteiger charge is -2.28. The number of ether oxygens (including phenoxy) is 1. The van der Waals surface area contributed by atoms with Gasteiger partial charge in [-0.15, -0.1) is 11.6 Å². The maximum atomic E-state index is 11.9. The maximum absolute atomic E-state index is 11.9. The Labute approximate surface area is 96.4 Å². The van der Waals surface area contributed by atoms with Crippen molar-refractivity contribution in [3.05, 3.63) is 0 Å². The molecule has 1 rings (SSSR count). The first-order valence-electron chi connectivity index (χ1n) is 5.04. The van der Waals surface area contributed by atoms with Crippen LogP contribution in [0.2, 0.25) is 0 Å². The van der Waals surface area contributed by atoms with Crippen LogP contribution in [0.25, 0.3) is 0 Å². The van der Waals surface area contributed by atoms with E-state index in [1.165, 1.54) is 0 Å². The fraction of sp³-hybridized carbons (Fsp3) is 1.00. The molecular formula is C9H18ClNO3S. The zero-order chi connectivity index (χ0) is 11.5. The van der Waals surface area contributed by atoms with E-state index in [2.05, 4.69) is 4.72 Å². The first kappa shape index (κ1) is 13.2. The lowest BCUT2D eigenvalue weighted by molar-refractivity contribution is 0.0980. The second-order valence-electron chi connectivity index (χ2n) is 4.48. The van der Waals surface area contributed by atoms with E-state index < -0.39 is 15.6 Å². The van der Waals surface area contributed by atoms with Gasteiger partial charge in [-0.25, -0.2) is 13.1 Å². The second kappa shape index (κ2) is 4.99. The molecule has 1 aliphatic heterocycles. The largest absolute Gasteiger partial charge is 0.381 e. The third kappa shape index (κ3) is 3.90. The number of rotatable bonds is 4. The smallest absolute Gasteiger partial charge is 0.215 e. The summed E-state index contributed by atoms with van der Waals surface area (Å²) in [6.07, 6.45) is 1.13. The third-order valence-electron chi connectivity index (χ3n) is 2.36. The number of alkyl halides is 1. The number of hydrogen-bond acceptors (Lipinski definition) is 3. The van der Waals surface area contributed by atoms with Gasteiger partial charge < -0.3 is 4.74 Å². The van der Waals surface area contributed by atoms with E-state index in [1.54, 1.807) is 13.8 Å². The third-order valence-corrected chi connectivity index (χ3v) is 5.21. The number of sulfonamides is 1. The highest BCUT2D eigenvalue weighted by Gasteiger charge is 2.32. The zero-order valence-corrected chi connectivity index (χ0v) is 10.7. The molecule has 15 heavy (non-hydrogen) atoms. The minimum absolute atomic E-state index is 0.259. The number of halogens is 1. The predicted octanol–water partition coefficient (Wildman–Crippen LogP) is 1.10. The van der Waals surface area contributed by atoms with Crippen LogP contribution in [-0.4, -0.2) is 38.3 Å². The fourth-order valence-electron chi connectivity index (χ4n) is 1.48. The Morgan fingerprint density at radius 1 is 1.40 bits per heavy atom. The molecule has 0 aromatic rings. The molecule has 0 bridgehead atoms. The van der Waals surface area contributed by atoms with Gasteiger partial charge in [-0.2, -0.15) is 0 Å². The first-order valence-corrected chi connectivity index (χ1v) is 7.12. The van der Waals surface area contributed by atoms with Crippen LogP contribution in [0, 0.1) is 0 Å². The van der Waals surface area contributed by atoms with Crippen LogP contribution in [0.5, 0.6) is 0 Å². The van der Waals surface area contributed by atoms with E-state index in [0.29, 0.717) is 26.1 Å². The average Bonchev–Trinajstić information content (AvgIpc) is 2.18. The Balaban J connectivity index is 2.65. The SMILES string of the molecule is CC(C)(CCl)NS(=O)(=O)C1CCOCC1. The zero-order valence-electron chi connectivity index (χ0n) is 9.12. The van der Waals surface area contributed by atoms with Gasteiger partial charge in [-0.05, 0) is 26.7 Å². The quantitative estimate of drug-likeness (QED) is 0.766. The Morgan fingerprint density at radius 2 is 1.93 bits per heavy atom. The molecule has 0 atom stereocenters. The minimum Gasteiger partial charge on any atom is -0.381 e.